The van der Waals surface area contributed by atoms with Crippen LogP contribution in [-0.2, 0) is 0 Å². The van der Waals surface area contributed by atoms with E-state index in [9.17, 15) is 21.1 Å². The van der Waals surface area contributed by atoms with Crippen molar-refractivity contribution < 1.29 is 21.1 Å². The van der Waals surface area contributed by atoms with Crippen molar-refractivity contribution in [2.75, 3.05) is 0 Å². The van der Waals surface area contributed by atoms with E-state index in [4.69, 9.17) is 0 Å². The second kappa shape index (κ2) is 11.0. The molecule has 0 aliphatic rings. The van der Waals surface area contributed by atoms with Crippen LogP contribution >= 0.6 is 0 Å². The lowest BCUT2D eigenvalue weighted by Gasteiger charge is -2.03. The fraction of sp³-hybridized carbons (Fsp3) is 1.00. The van der Waals surface area contributed by atoms with Gasteiger partial charge in [-0.05, 0) is 12.8 Å². The first kappa shape index (κ1) is 18.1. The highest BCUT2D eigenvalue weighted by molar-refractivity contribution is 6.58. The van der Waals surface area contributed by atoms with E-state index >= 15 is 0 Å². The van der Waals surface area contributed by atoms with E-state index in [-0.39, 0.29) is 15.9 Å². The van der Waals surface area contributed by atoms with Crippen molar-refractivity contribution >= 4 is 18.6 Å². The number of rotatable bonds is 12. The zero-order valence-electron chi connectivity index (χ0n) is 10.7. The van der Waals surface area contributed by atoms with Crippen LogP contribution in [0.2, 0.25) is 18.1 Å². The molecule has 0 N–H and O–H groups in total. The highest BCUT2D eigenvalue weighted by Crippen LogP contribution is 2.19. The van der Waals surface area contributed by atoms with Gasteiger partial charge >= 0.3 is 9.08 Å². The van der Waals surface area contributed by atoms with Crippen molar-refractivity contribution in [2.24, 2.45) is 0 Å². The summed E-state index contributed by atoms with van der Waals surface area (Å²) in [5.74, 6) is 0. The molecule has 0 atom stereocenters. The van der Waals surface area contributed by atoms with Crippen LogP contribution in [0.5, 0.6) is 0 Å². The normalized spacial score (nSPS) is 13.0. The van der Waals surface area contributed by atoms with Gasteiger partial charge in [0.25, 0.3) is 0 Å². The fourth-order valence-electron chi connectivity index (χ4n) is 1.86. The van der Waals surface area contributed by atoms with Crippen LogP contribution < -0.4 is 0 Å². The first-order valence-corrected chi connectivity index (χ1v) is 10.6. The van der Waals surface area contributed by atoms with E-state index < -0.39 is 21.5 Å². The molecule has 0 aromatic heterocycles. The summed E-state index contributed by atoms with van der Waals surface area (Å²) in [6.07, 6.45) is 2.38. The molecule has 0 spiro atoms. The molecule has 0 aromatic carbocycles. The smallest absolute Gasteiger partial charge is 0.238 e. The summed E-state index contributed by atoms with van der Waals surface area (Å²) in [5, 5.41) is 0. The van der Waals surface area contributed by atoms with Crippen LogP contribution in [0.4, 0.5) is 21.1 Å². The SMILES string of the molecule is FC(F)CCCCCC[SiH2]CCCC[Si](F)(F)F. The molecule has 0 rings (SSSR count). The number of hydrogen-bond acceptors (Lipinski definition) is 0. The molecule has 0 aliphatic heterocycles. The molecule has 110 valence electrons. The van der Waals surface area contributed by atoms with E-state index in [1.165, 1.54) is 0 Å². The van der Waals surface area contributed by atoms with Gasteiger partial charge in [0.05, 0.1) is 0 Å². The third-order valence-electron chi connectivity index (χ3n) is 2.88. The standard InChI is InChI=1S/C11H23F5Si2/c12-11(13)7-3-1-2-4-8-17-9-5-6-10-18(14,15)16/h11H,1-10,17H2. The predicted molar refractivity (Wildman–Crippen MR) is 70.4 cm³/mol. The quantitative estimate of drug-likeness (QED) is 0.209. The summed E-state index contributed by atoms with van der Waals surface area (Å²) in [6.45, 7) is 0. The third-order valence-corrected chi connectivity index (χ3v) is 5.80. The molecule has 7 heteroatoms. The lowest BCUT2D eigenvalue weighted by Crippen LogP contribution is -2.13. The minimum atomic E-state index is -5.30. The molecule has 0 amide bonds. The Hall–Kier alpha value is 0.0838. The molecule has 0 saturated carbocycles. The van der Waals surface area contributed by atoms with Gasteiger partial charge in [-0.2, -0.15) is 0 Å². The Morgan fingerprint density at radius 2 is 1.33 bits per heavy atom. The Morgan fingerprint density at radius 3 is 1.89 bits per heavy atom. The Kier molecular flexibility index (Phi) is 11.0. The molecule has 0 nitrogen and oxygen atoms in total. The van der Waals surface area contributed by atoms with Crippen LogP contribution in [0.15, 0.2) is 0 Å². The zero-order chi connectivity index (χ0) is 13.9. The molecule has 0 radical (unpaired) electrons. The minimum Gasteiger partial charge on any atom is -0.238 e. The van der Waals surface area contributed by atoms with Gasteiger partial charge in [-0.25, -0.2) is 21.1 Å². The van der Waals surface area contributed by atoms with Gasteiger partial charge in [0.15, 0.2) is 0 Å². The maximum Gasteiger partial charge on any atom is 0.616 e. The van der Waals surface area contributed by atoms with Gasteiger partial charge in [-0.15, -0.1) is 0 Å². The number of alkyl halides is 2. The minimum absolute atomic E-state index is 0.00123. The molecule has 0 fully saturated rings. The molecule has 0 unspecified atom stereocenters. The maximum absolute atomic E-state index is 12.0. The van der Waals surface area contributed by atoms with E-state index in [1.807, 2.05) is 0 Å². The third kappa shape index (κ3) is 16.1. The Morgan fingerprint density at radius 1 is 0.778 bits per heavy atom. The Bertz CT molecular complexity index is 185. The van der Waals surface area contributed by atoms with Crippen LogP contribution in [0.1, 0.15) is 44.9 Å². The summed E-state index contributed by atoms with van der Waals surface area (Å²) in [6, 6.07) is 1.63. The van der Waals surface area contributed by atoms with E-state index in [0.717, 1.165) is 37.8 Å². The molecule has 0 bridgehead atoms. The summed E-state index contributed by atoms with van der Waals surface area (Å²) >= 11 is 0. The zero-order valence-corrected chi connectivity index (χ0v) is 13.2. The lowest BCUT2D eigenvalue weighted by molar-refractivity contribution is 0.134. The van der Waals surface area contributed by atoms with E-state index in [1.54, 1.807) is 0 Å². The van der Waals surface area contributed by atoms with Gasteiger partial charge in [0, 0.05) is 22.0 Å². The van der Waals surface area contributed by atoms with Gasteiger partial charge in [-0.3, -0.25) is 0 Å². The summed E-state index contributed by atoms with van der Waals surface area (Å²) in [7, 11) is -5.51. The molecular weight excluding hydrogens is 283 g/mol. The number of hydrogen-bond donors (Lipinski definition) is 0. The van der Waals surface area contributed by atoms with Gasteiger partial charge in [0.1, 0.15) is 0 Å². The molecule has 0 aliphatic carbocycles. The first-order chi connectivity index (χ1) is 8.42. The molecule has 0 saturated heterocycles. The van der Waals surface area contributed by atoms with Crippen LogP contribution in [0, 0.1) is 0 Å². The average molecular weight is 306 g/mol. The van der Waals surface area contributed by atoms with E-state index in [2.05, 4.69) is 0 Å². The highest BCUT2D eigenvalue weighted by Gasteiger charge is 2.35. The number of halogens is 5. The van der Waals surface area contributed by atoms with Crippen LogP contribution in [0.25, 0.3) is 0 Å². The van der Waals surface area contributed by atoms with Crippen molar-refractivity contribution in [1.82, 2.24) is 0 Å². The number of unbranched alkanes of at least 4 members (excludes halogenated alkanes) is 4. The van der Waals surface area contributed by atoms with Crippen molar-refractivity contribution in [3.63, 3.8) is 0 Å². The lowest BCUT2D eigenvalue weighted by atomic mass is 10.2. The van der Waals surface area contributed by atoms with Gasteiger partial charge in [-0.1, -0.05) is 37.8 Å². The summed E-state index contributed by atoms with van der Waals surface area (Å²) in [5.41, 5.74) is 0. The monoisotopic (exact) mass is 306 g/mol. The molecule has 18 heavy (non-hydrogen) atoms. The van der Waals surface area contributed by atoms with Gasteiger partial charge < -0.3 is 0 Å². The first-order valence-electron chi connectivity index (χ1n) is 6.77. The average Bonchev–Trinajstić information content (AvgIpc) is 2.24. The van der Waals surface area contributed by atoms with Crippen molar-refractivity contribution in [2.45, 2.75) is 69.5 Å². The second-order valence-corrected chi connectivity index (χ2v) is 8.58. The van der Waals surface area contributed by atoms with Crippen molar-refractivity contribution in [1.29, 1.82) is 0 Å². The van der Waals surface area contributed by atoms with Crippen molar-refractivity contribution in [3.8, 4) is 0 Å². The summed E-state index contributed by atoms with van der Waals surface area (Å²) < 4.78 is 59.5. The van der Waals surface area contributed by atoms with Crippen LogP contribution in [-0.4, -0.2) is 25.0 Å². The predicted octanol–water partition coefficient (Wildman–Crippen LogP) is 4.84. The van der Waals surface area contributed by atoms with Crippen molar-refractivity contribution in [3.05, 3.63) is 0 Å². The Balaban J connectivity index is 3.04. The Labute approximate surface area is 110 Å². The van der Waals surface area contributed by atoms with Crippen LogP contribution in [0.3, 0.4) is 0 Å². The van der Waals surface area contributed by atoms with E-state index in [0.29, 0.717) is 12.8 Å². The summed E-state index contributed by atoms with van der Waals surface area (Å²) in [4.78, 5) is 0. The molecule has 0 aromatic rings. The topological polar surface area (TPSA) is 0 Å². The highest BCUT2D eigenvalue weighted by atomic mass is 28.5. The largest absolute Gasteiger partial charge is 0.616 e. The molecular formula is C11H23F5Si2. The molecule has 0 heterocycles. The second-order valence-electron chi connectivity index (χ2n) is 4.73. The maximum atomic E-state index is 12.0. The van der Waals surface area contributed by atoms with Gasteiger partial charge in [0.2, 0.25) is 6.43 Å². The fourth-order valence-corrected chi connectivity index (χ4v) is 4.28.